The summed E-state index contributed by atoms with van der Waals surface area (Å²) in [4.78, 5) is 25.8. The molecule has 1 fully saturated rings. The van der Waals surface area contributed by atoms with Gasteiger partial charge in [0.25, 0.3) is 5.91 Å². The lowest BCUT2D eigenvalue weighted by Gasteiger charge is -2.14. The van der Waals surface area contributed by atoms with Crippen LogP contribution in [0.1, 0.15) is 16.1 Å². The van der Waals surface area contributed by atoms with Crippen LogP contribution in [0.4, 0.5) is 5.69 Å². The lowest BCUT2D eigenvalue weighted by Crippen LogP contribution is -2.27. The Balaban J connectivity index is 1.63. The number of hydrogen-bond donors (Lipinski definition) is 2. The summed E-state index contributed by atoms with van der Waals surface area (Å²) in [7, 11) is 0. The maximum absolute atomic E-state index is 12.8. The Hall–Kier alpha value is -3.29. The molecule has 1 aliphatic heterocycles. The monoisotopic (exact) mass is 424 g/mol. The molecule has 2 heterocycles. The van der Waals surface area contributed by atoms with Crippen molar-refractivity contribution in [3.8, 4) is 11.3 Å². The van der Waals surface area contributed by atoms with Gasteiger partial charge in [-0.25, -0.2) is 4.79 Å². The molecule has 0 atom stereocenters. The van der Waals surface area contributed by atoms with Gasteiger partial charge in [0, 0.05) is 16.7 Å². The lowest BCUT2D eigenvalue weighted by molar-refractivity contribution is -0.113. The summed E-state index contributed by atoms with van der Waals surface area (Å²) in [5, 5.41) is 18.1. The van der Waals surface area contributed by atoms with Crippen molar-refractivity contribution < 1.29 is 19.1 Å². The van der Waals surface area contributed by atoms with Crippen LogP contribution in [0, 0.1) is 5.41 Å². The van der Waals surface area contributed by atoms with Crippen LogP contribution >= 0.6 is 23.4 Å². The number of hydrogen-bond acceptors (Lipinski definition) is 5. The van der Waals surface area contributed by atoms with E-state index in [1.165, 1.54) is 11.0 Å². The topological polar surface area (TPSA) is 94.6 Å². The molecule has 1 amide bonds. The molecule has 8 heteroatoms. The molecule has 1 saturated heterocycles. The summed E-state index contributed by atoms with van der Waals surface area (Å²) in [5.41, 5.74) is 1.13. The maximum Gasteiger partial charge on any atom is 0.336 e. The molecule has 3 aromatic rings. The molecule has 6 nitrogen and oxygen atoms in total. The summed E-state index contributed by atoms with van der Waals surface area (Å²) < 4.78 is 5.75. The first kappa shape index (κ1) is 19.0. The van der Waals surface area contributed by atoms with Crippen molar-refractivity contribution >= 4 is 52.2 Å². The SMILES string of the molecule is N=C1S/C(=C\c2ccc(-c3ccccc3C(=O)O)o2)C(=O)N1c1ccc(Cl)cc1. The highest BCUT2D eigenvalue weighted by Gasteiger charge is 2.33. The fraction of sp³-hybridized carbons (Fsp3) is 0. The molecule has 29 heavy (non-hydrogen) atoms. The molecule has 4 rings (SSSR count). The summed E-state index contributed by atoms with van der Waals surface area (Å²) in [6.07, 6.45) is 1.55. The number of thioether (sulfide) groups is 1. The van der Waals surface area contributed by atoms with Crippen LogP contribution in [-0.4, -0.2) is 22.2 Å². The summed E-state index contributed by atoms with van der Waals surface area (Å²) in [6, 6.07) is 16.5. The van der Waals surface area contributed by atoms with Crippen molar-refractivity contribution in [1.29, 1.82) is 5.41 Å². The van der Waals surface area contributed by atoms with Crippen LogP contribution in [0.3, 0.4) is 0 Å². The highest BCUT2D eigenvalue weighted by atomic mass is 35.5. The molecule has 0 spiro atoms. The number of carboxylic acids is 1. The smallest absolute Gasteiger partial charge is 0.336 e. The minimum absolute atomic E-state index is 0.0755. The van der Waals surface area contributed by atoms with Crippen LogP contribution in [-0.2, 0) is 4.79 Å². The second kappa shape index (κ2) is 7.62. The van der Waals surface area contributed by atoms with E-state index in [4.69, 9.17) is 21.4 Å². The fourth-order valence-corrected chi connectivity index (χ4v) is 3.87. The minimum atomic E-state index is -1.05. The van der Waals surface area contributed by atoms with Crippen molar-refractivity contribution in [3.05, 3.63) is 81.9 Å². The average molecular weight is 425 g/mol. The van der Waals surface area contributed by atoms with E-state index in [9.17, 15) is 14.7 Å². The van der Waals surface area contributed by atoms with Gasteiger partial charge in [0.05, 0.1) is 16.2 Å². The highest BCUT2D eigenvalue weighted by molar-refractivity contribution is 8.19. The first-order chi connectivity index (χ1) is 13.9. The van der Waals surface area contributed by atoms with E-state index in [0.29, 0.717) is 32.7 Å². The van der Waals surface area contributed by atoms with Gasteiger partial charge >= 0.3 is 5.97 Å². The van der Waals surface area contributed by atoms with E-state index >= 15 is 0 Å². The maximum atomic E-state index is 12.8. The van der Waals surface area contributed by atoms with Gasteiger partial charge in [0.2, 0.25) is 0 Å². The summed E-state index contributed by atoms with van der Waals surface area (Å²) >= 11 is 6.91. The van der Waals surface area contributed by atoms with Crippen LogP contribution in [0.15, 0.2) is 70.0 Å². The average Bonchev–Trinajstić information content (AvgIpc) is 3.27. The Morgan fingerprint density at radius 3 is 2.55 bits per heavy atom. The molecule has 1 aromatic heterocycles. The van der Waals surface area contributed by atoms with Gasteiger partial charge in [-0.1, -0.05) is 29.8 Å². The van der Waals surface area contributed by atoms with Gasteiger partial charge in [-0.05, 0) is 54.2 Å². The number of anilines is 1. The molecule has 0 radical (unpaired) electrons. The number of rotatable bonds is 4. The number of carbonyl (C=O) groups is 2. The van der Waals surface area contributed by atoms with Gasteiger partial charge < -0.3 is 9.52 Å². The largest absolute Gasteiger partial charge is 0.478 e. The molecular weight excluding hydrogens is 412 g/mol. The Kier molecular flexibility index (Phi) is 5.00. The van der Waals surface area contributed by atoms with Gasteiger partial charge in [-0.2, -0.15) is 0 Å². The van der Waals surface area contributed by atoms with Gasteiger partial charge in [-0.15, -0.1) is 0 Å². The summed E-state index contributed by atoms with van der Waals surface area (Å²) in [6.45, 7) is 0. The number of furan rings is 1. The van der Waals surface area contributed by atoms with E-state index < -0.39 is 5.97 Å². The van der Waals surface area contributed by atoms with Crippen LogP contribution < -0.4 is 4.90 Å². The fourth-order valence-electron chi connectivity index (χ4n) is 2.90. The minimum Gasteiger partial charge on any atom is -0.478 e. The Morgan fingerprint density at radius 1 is 1.10 bits per heavy atom. The lowest BCUT2D eigenvalue weighted by atomic mass is 10.1. The van der Waals surface area contributed by atoms with Crippen molar-refractivity contribution in [3.63, 3.8) is 0 Å². The number of aromatic carboxylic acids is 1. The van der Waals surface area contributed by atoms with E-state index in [2.05, 4.69) is 0 Å². The van der Waals surface area contributed by atoms with Gasteiger partial charge in [-0.3, -0.25) is 15.1 Å². The second-order valence-electron chi connectivity index (χ2n) is 6.09. The van der Waals surface area contributed by atoms with E-state index in [1.54, 1.807) is 60.7 Å². The van der Waals surface area contributed by atoms with Gasteiger partial charge in [0.15, 0.2) is 5.17 Å². The van der Waals surface area contributed by atoms with Crippen molar-refractivity contribution in [2.24, 2.45) is 0 Å². The number of halogens is 1. The third-order valence-corrected chi connectivity index (χ3v) is 5.37. The van der Waals surface area contributed by atoms with E-state index in [-0.39, 0.29) is 16.6 Å². The number of benzene rings is 2. The Labute approximate surface area is 174 Å². The third-order valence-electron chi connectivity index (χ3n) is 4.23. The zero-order valence-corrected chi connectivity index (χ0v) is 16.3. The van der Waals surface area contributed by atoms with Crippen molar-refractivity contribution in [2.75, 3.05) is 4.90 Å². The predicted molar refractivity (Wildman–Crippen MR) is 113 cm³/mol. The molecule has 144 valence electrons. The molecule has 0 aliphatic carbocycles. The first-order valence-electron chi connectivity index (χ1n) is 8.44. The Bertz CT molecular complexity index is 1170. The van der Waals surface area contributed by atoms with E-state index in [0.717, 1.165) is 11.8 Å². The van der Waals surface area contributed by atoms with Crippen molar-refractivity contribution in [2.45, 2.75) is 0 Å². The zero-order chi connectivity index (χ0) is 20.5. The molecule has 2 N–H and O–H groups in total. The third kappa shape index (κ3) is 3.70. The number of nitrogens with zero attached hydrogens (tertiary/aromatic N) is 1. The number of nitrogens with one attached hydrogen (secondary N) is 1. The van der Waals surface area contributed by atoms with Crippen LogP contribution in [0.2, 0.25) is 5.02 Å². The van der Waals surface area contributed by atoms with Crippen LogP contribution in [0.25, 0.3) is 17.4 Å². The highest BCUT2D eigenvalue weighted by Crippen LogP contribution is 2.36. The molecule has 2 aromatic carbocycles. The number of amidine groups is 1. The summed E-state index contributed by atoms with van der Waals surface area (Å²) in [5.74, 6) is -0.617. The first-order valence-corrected chi connectivity index (χ1v) is 9.64. The molecule has 0 unspecified atom stereocenters. The molecular formula is C21H13ClN2O4S. The predicted octanol–water partition coefficient (Wildman–Crippen LogP) is 5.35. The zero-order valence-electron chi connectivity index (χ0n) is 14.8. The Morgan fingerprint density at radius 2 is 1.83 bits per heavy atom. The van der Waals surface area contributed by atoms with Gasteiger partial charge in [0.1, 0.15) is 11.5 Å². The molecule has 0 bridgehead atoms. The standard InChI is InChI=1S/C21H13ClN2O4S/c22-12-5-7-13(8-6-12)24-19(25)18(29-21(24)23)11-14-9-10-17(28-14)15-3-1-2-4-16(15)20(26)27/h1-11,23H,(H,26,27)/b18-11-,23-21?. The van der Waals surface area contributed by atoms with Crippen LogP contribution in [0.5, 0.6) is 0 Å². The number of amides is 1. The molecule has 1 aliphatic rings. The quantitative estimate of drug-likeness (QED) is 0.550. The van der Waals surface area contributed by atoms with Crippen molar-refractivity contribution in [1.82, 2.24) is 0 Å². The normalized spacial score (nSPS) is 15.3. The number of carboxylic acid groups (broad SMARTS) is 1. The number of carbonyl (C=O) groups excluding carboxylic acids is 1. The van der Waals surface area contributed by atoms with E-state index in [1.807, 2.05) is 0 Å². The second-order valence-corrected chi connectivity index (χ2v) is 7.55. The molecule has 0 saturated carbocycles.